The van der Waals surface area contributed by atoms with Gasteiger partial charge in [-0.25, -0.2) is 0 Å². The summed E-state index contributed by atoms with van der Waals surface area (Å²) in [6, 6.07) is 8.94. The number of hydrogen-bond acceptors (Lipinski definition) is 2. The van der Waals surface area contributed by atoms with Gasteiger partial charge < -0.3 is 0 Å². The molecule has 21 heavy (non-hydrogen) atoms. The van der Waals surface area contributed by atoms with Crippen LogP contribution in [0.4, 0.5) is 0 Å². The molecular formula is C19H27NO. The van der Waals surface area contributed by atoms with Crippen LogP contribution >= 0.6 is 0 Å². The summed E-state index contributed by atoms with van der Waals surface area (Å²) in [7, 11) is 0. The van der Waals surface area contributed by atoms with Gasteiger partial charge in [0.1, 0.15) is 0 Å². The van der Waals surface area contributed by atoms with Gasteiger partial charge in [0.25, 0.3) is 0 Å². The molecule has 0 amide bonds. The van der Waals surface area contributed by atoms with Crippen LogP contribution < -0.4 is 0 Å². The van der Waals surface area contributed by atoms with Gasteiger partial charge in [0, 0.05) is 11.6 Å². The molecule has 1 saturated heterocycles. The fourth-order valence-electron chi connectivity index (χ4n) is 4.12. The Kier molecular flexibility index (Phi) is 4.74. The monoisotopic (exact) mass is 285 g/mol. The Labute approximate surface area is 128 Å². The predicted octanol–water partition coefficient (Wildman–Crippen LogP) is 4.09. The van der Waals surface area contributed by atoms with Gasteiger partial charge in [-0.15, -0.1) is 0 Å². The van der Waals surface area contributed by atoms with Gasteiger partial charge in [0.05, 0.1) is 6.54 Å². The summed E-state index contributed by atoms with van der Waals surface area (Å²) in [5.74, 6) is 1.16. The van der Waals surface area contributed by atoms with Gasteiger partial charge in [-0.3, -0.25) is 9.69 Å². The molecule has 114 valence electrons. The highest BCUT2D eigenvalue weighted by Gasteiger charge is 2.36. The molecule has 0 aromatic heterocycles. The zero-order chi connectivity index (χ0) is 14.7. The number of carbonyl (C=O) groups is 1. The van der Waals surface area contributed by atoms with Crippen LogP contribution in [0.2, 0.25) is 0 Å². The van der Waals surface area contributed by atoms with E-state index in [1.807, 2.05) is 12.1 Å². The standard InChI is InChI=1S/C19H27NO/c1-2-5-15-8-10-17(11-9-15)19(21)14-20-13-12-16-6-3-4-7-18(16)20/h8-11,16,18H,2-7,12-14H2,1H3. The third-order valence-electron chi connectivity index (χ3n) is 5.29. The number of Topliss-reactive ketones (excluding diaryl/α,β-unsaturated/α-hetero) is 1. The Morgan fingerprint density at radius 2 is 1.90 bits per heavy atom. The van der Waals surface area contributed by atoms with E-state index >= 15 is 0 Å². The summed E-state index contributed by atoms with van der Waals surface area (Å²) in [6.07, 6.45) is 8.97. The van der Waals surface area contributed by atoms with Gasteiger partial charge in [-0.2, -0.15) is 0 Å². The molecule has 2 nitrogen and oxygen atoms in total. The van der Waals surface area contributed by atoms with Crippen molar-refractivity contribution in [2.45, 2.75) is 57.9 Å². The van der Waals surface area contributed by atoms with E-state index in [0.29, 0.717) is 18.4 Å². The summed E-state index contributed by atoms with van der Waals surface area (Å²) >= 11 is 0. The normalized spacial score (nSPS) is 25.8. The fraction of sp³-hybridized carbons (Fsp3) is 0.632. The summed E-state index contributed by atoms with van der Waals surface area (Å²) < 4.78 is 0. The van der Waals surface area contributed by atoms with Crippen LogP contribution in [0.15, 0.2) is 24.3 Å². The molecule has 1 aromatic rings. The molecular weight excluding hydrogens is 258 g/mol. The van der Waals surface area contributed by atoms with Crippen molar-refractivity contribution in [1.29, 1.82) is 0 Å². The summed E-state index contributed by atoms with van der Waals surface area (Å²) in [6.45, 7) is 3.93. The van der Waals surface area contributed by atoms with Gasteiger partial charge in [-0.05, 0) is 43.7 Å². The average molecular weight is 285 g/mol. The molecule has 2 aliphatic rings. The third kappa shape index (κ3) is 3.37. The molecule has 0 spiro atoms. The van der Waals surface area contributed by atoms with Crippen molar-refractivity contribution in [3.05, 3.63) is 35.4 Å². The molecule has 3 rings (SSSR count). The smallest absolute Gasteiger partial charge is 0.176 e. The number of aryl methyl sites for hydroxylation is 1. The van der Waals surface area contributed by atoms with Crippen LogP contribution in [0, 0.1) is 5.92 Å². The van der Waals surface area contributed by atoms with Crippen molar-refractivity contribution in [3.8, 4) is 0 Å². The first-order valence-electron chi connectivity index (χ1n) is 8.64. The quantitative estimate of drug-likeness (QED) is 0.760. The van der Waals surface area contributed by atoms with Crippen LogP contribution in [0.3, 0.4) is 0 Å². The highest BCUT2D eigenvalue weighted by atomic mass is 16.1. The number of hydrogen-bond donors (Lipinski definition) is 0. The highest BCUT2D eigenvalue weighted by molar-refractivity contribution is 5.97. The number of fused-ring (bicyclic) bond motifs is 1. The van der Waals surface area contributed by atoms with Gasteiger partial charge in [0.2, 0.25) is 0 Å². The largest absolute Gasteiger partial charge is 0.293 e. The van der Waals surface area contributed by atoms with E-state index in [-0.39, 0.29) is 0 Å². The molecule has 2 atom stereocenters. The number of ketones is 1. The van der Waals surface area contributed by atoms with Crippen LogP contribution in [0.5, 0.6) is 0 Å². The van der Waals surface area contributed by atoms with Crippen molar-refractivity contribution in [2.75, 3.05) is 13.1 Å². The Morgan fingerprint density at radius 1 is 1.14 bits per heavy atom. The van der Waals surface area contributed by atoms with E-state index < -0.39 is 0 Å². The van der Waals surface area contributed by atoms with E-state index in [9.17, 15) is 4.79 Å². The fourth-order valence-corrected chi connectivity index (χ4v) is 4.12. The SMILES string of the molecule is CCCc1ccc(C(=O)CN2CCC3CCCCC32)cc1. The Hall–Kier alpha value is -1.15. The van der Waals surface area contributed by atoms with Gasteiger partial charge >= 0.3 is 0 Å². The van der Waals surface area contributed by atoms with E-state index in [2.05, 4.69) is 24.0 Å². The van der Waals surface area contributed by atoms with Gasteiger partial charge in [0.15, 0.2) is 5.78 Å². The average Bonchev–Trinajstić information content (AvgIpc) is 2.92. The number of nitrogens with zero attached hydrogens (tertiary/aromatic N) is 1. The first-order valence-corrected chi connectivity index (χ1v) is 8.64. The molecule has 1 aromatic carbocycles. The Morgan fingerprint density at radius 3 is 2.67 bits per heavy atom. The molecule has 1 heterocycles. The maximum atomic E-state index is 12.5. The van der Waals surface area contributed by atoms with Crippen LogP contribution in [-0.4, -0.2) is 29.8 Å². The minimum Gasteiger partial charge on any atom is -0.293 e. The van der Waals surface area contributed by atoms with Crippen molar-refractivity contribution >= 4 is 5.78 Å². The highest BCUT2D eigenvalue weighted by Crippen LogP contribution is 2.36. The first kappa shape index (κ1) is 14.8. The molecule has 1 aliphatic carbocycles. The molecule has 2 unspecified atom stereocenters. The number of benzene rings is 1. The Balaban J connectivity index is 1.60. The molecule has 1 saturated carbocycles. The van der Waals surface area contributed by atoms with E-state index in [0.717, 1.165) is 30.9 Å². The van der Waals surface area contributed by atoms with Crippen LogP contribution in [0.25, 0.3) is 0 Å². The molecule has 1 aliphatic heterocycles. The molecule has 0 bridgehead atoms. The second-order valence-corrected chi connectivity index (χ2v) is 6.74. The van der Waals surface area contributed by atoms with Crippen LogP contribution in [-0.2, 0) is 6.42 Å². The van der Waals surface area contributed by atoms with Crippen molar-refractivity contribution in [3.63, 3.8) is 0 Å². The summed E-state index contributed by atoms with van der Waals surface area (Å²) in [5, 5.41) is 0. The van der Waals surface area contributed by atoms with E-state index in [4.69, 9.17) is 0 Å². The minimum atomic E-state index is 0.296. The summed E-state index contributed by atoms with van der Waals surface area (Å²) in [4.78, 5) is 15.0. The van der Waals surface area contributed by atoms with Crippen molar-refractivity contribution < 1.29 is 4.79 Å². The van der Waals surface area contributed by atoms with Crippen LogP contribution in [0.1, 0.15) is 61.4 Å². The number of rotatable bonds is 5. The van der Waals surface area contributed by atoms with Gasteiger partial charge in [-0.1, -0.05) is 50.5 Å². The topological polar surface area (TPSA) is 20.3 Å². The van der Waals surface area contributed by atoms with Crippen molar-refractivity contribution in [1.82, 2.24) is 4.90 Å². The van der Waals surface area contributed by atoms with E-state index in [1.54, 1.807) is 0 Å². The first-order chi connectivity index (χ1) is 10.3. The summed E-state index contributed by atoms with van der Waals surface area (Å²) in [5.41, 5.74) is 2.22. The number of likely N-dealkylation sites (tertiary alicyclic amines) is 1. The third-order valence-corrected chi connectivity index (χ3v) is 5.29. The lowest BCUT2D eigenvalue weighted by Gasteiger charge is -2.31. The molecule has 2 fully saturated rings. The lowest BCUT2D eigenvalue weighted by atomic mass is 9.85. The zero-order valence-electron chi connectivity index (χ0n) is 13.2. The predicted molar refractivity (Wildman–Crippen MR) is 86.7 cm³/mol. The molecule has 2 heteroatoms. The minimum absolute atomic E-state index is 0.296. The lowest BCUT2D eigenvalue weighted by Crippen LogP contribution is -2.38. The zero-order valence-corrected chi connectivity index (χ0v) is 13.2. The number of carbonyl (C=O) groups excluding carboxylic acids is 1. The second kappa shape index (κ2) is 6.74. The second-order valence-electron chi connectivity index (χ2n) is 6.74. The molecule has 0 radical (unpaired) electrons. The van der Waals surface area contributed by atoms with Crippen molar-refractivity contribution in [2.24, 2.45) is 5.92 Å². The maximum absolute atomic E-state index is 12.5. The molecule has 0 N–H and O–H groups in total. The van der Waals surface area contributed by atoms with E-state index in [1.165, 1.54) is 37.7 Å². The Bertz CT molecular complexity index is 479. The lowest BCUT2D eigenvalue weighted by molar-refractivity contribution is 0.0896. The maximum Gasteiger partial charge on any atom is 0.176 e.